The number of aromatic nitrogens is 1. The summed E-state index contributed by atoms with van der Waals surface area (Å²) in [4.78, 5) is 30.3. The lowest BCUT2D eigenvalue weighted by molar-refractivity contribution is -0.121. The lowest BCUT2D eigenvalue weighted by Crippen LogP contribution is -2.43. The Balaban J connectivity index is 1.54. The van der Waals surface area contributed by atoms with Gasteiger partial charge < -0.3 is 19.4 Å². The van der Waals surface area contributed by atoms with Gasteiger partial charge in [-0.05, 0) is 45.7 Å². The minimum atomic E-state index is -0.514. The van der Waals surface area contributed by atoms with Gasteiger partial charge in [0.05, 0.1) is 6.20 Å². The van der Waals surface area contributed by atoms with Crippen molar-refractivity contribution in [1.82, 2.24) is 9.88 Å². The molecule has 0 unspecified atom stereocenters. The number of hydrogen-bond donors (Lipinski definition) is 1. The number of amides is 2. The summed E-state index contributed by atoms with van der Waals surface area (Å²) in [5.74, 6) is 0.489. The fourth-order valence-electron chi connectivity index (χ4n) is 3.00. The van der Waals surface area contributed by atoms with E-state index in [0.717, 1.165) is 5.56 Å². The van der Waals surface area contributed by atoms with Crippen molar-refractivity contribution in [3.8, 4) is 11.3 Å². The number of ether oxygens (including phenoxy) is 1. The highest BCUT2D eigenvalue weighted by molar-refractivity contribution is 5.93. The Hall–Kier alpha value is -2.83. The van der Waals surface area contributed by atoms with Gasteiger partial charge in [0, 0.05) is 30.3 Å². The second-order valence-electron chi connectivity index (χ2n) is 7.68. The summed E-state index contributed by atoms with van der Waals surface area (Å²) < 4.78 is 10.7. The van der Waals surface area contributed by atoms with Gasteiger partial charge in [0.2, 0.25) is 5.91 Å². The van der Waals surface area contributed by atoms with Crippen molar-refractivity contribution in [3.05, 3.63) is 36.9 Å². The topological polar surface area (TPSA) is 84.7 Å². The van der Waals surface area contributed by atoms with E-state index >= 15 is 0 Å². The van der Waals surface area contributed by atoms with Crippen LogP contribution in [0.25, 0.3) is 11.3 Å². The van der Waals surface area contributed by atoms with Gasteiger partial charge in [0.15, 0.2) is 12.2 Å². The van der Waals surface area contributed by atoms with E-state index in [-0.39, 0.29) is 17.9 Å². The molecule has 0 bridgehead atoms. The highest BCUT2D eigenvalue weighted by Gasteiger charge is 2.29. The van der Waals surface area contributed by atoms with Crippen LogP contribution >= 0.6 is 0 Å². The van der Waals surface area contributed by atoms with Gasteiger partial charge in [0.25, 0.3) is 0 Å². The molecule has 1 aliphatic heterocycles. The molecule has 1 aromatic heterocycles. The van der Waals surface area contributed by atoms with Gasteiger partial charge in [0.1, 0.15) is 5.60 Å². The van der Waals surface area contributed by atoms with E-state index in [1.165, 1.54) is 6.39 Å². The van der Waals surface area contributed by atoms with E-state index in [4.69, 9.17) is 9.15 Å². The average molecular weight is 371 g/mol. The number of hydrogen-bond acceptors (Lipinski definition) is 5. The molecule has 0 saturated carbocycles. The molecule has 2 heterocycles. The predicted octanol–water partition coefficient (Wildman–Crippen LogP) is 3.93. The standard InChI is InChI=1S/C20H25N3O4/c1-20(2,3)27-19(25)23-9-7-14(8-10-23)18(24)22-16-6-4-5-15(11-16)17-12-21-13-26-17/h4-6,11-14H,7-10H2,1-3H3,(H,22,24). The number of oxazole rings is 1. The lowest BCUT2D eigenvalue weighted by atomic mass is 9.96. The number of likely N-dealkylation sites (tertiary alicyclic amines) is 1. The van der Waals surface area contributed by atoms with Crippen molar-refractivity contribution in [2.45, 2.75) is 39.2 Å². The first-order valence-electron chi connectivity index (χ1n) is 9.09. The Kier molecular flexibility index (Phi) is 5.48. The van der Waals surface area contributed by atoms with Gasteiger partial charge in [-0.15, -0.1) is 0 Å². The van der Waals surface area contributed by atoms with Crippen molar-refractivity contribution in [1.29, 1.82) is 0 Å². The zero-order chi connectivity index (χ0) is 19.4. The van der Waals surface area contributed by atoms with E-state index in [2.05, 4.69) is 10.3 Å². The molecule has 1 aromatic carbocycles. The van der Waals surface area contributed by atoms with Crippen molar-refractivity contribution in [3.63, 3.8) is 0 Å². The fourth-order valence-corrected chi connectivity index (χ4v) is 3.00. The maximum Gasteiger partial charge on any atom is 0.410 e. The molecular weight excluding hydrogens is 346 g/mol. The van der Waals surface area contributed by atoms with Gasteiger partial charge in [-0.2, -0.15) is 0 Å². The molecule has 27 heavy (non-hydrogen) atoms. The third-order valence-corrected chi connectivity index (χ3v) is 4.36. The molecule has 1 fully saturated rings. The van der Waals surface area contributed by atoms with Crippen LogP contribution in [-0.4, -0.2) is 40.6 Å². The highest BCUT2D eigenvalue weighted by atomic mass is 16.6. The van der Waals surface area contributed by atoms with Crippen molar-refractivity contribution < 1.29 is 18.7 Å². The zero-order valence-electron chi connectivity index (χ0n) is 15.9. The minimum Gasteiger partial charge on any atom is -0.444 e. The predicted molar refractivity (Wildman–Crippen MR) is 101 cm³/mol. The second kappa shape index (κ2) is 7.82. The molecule has 7 heteroatoms. The fraction of sp³-hybridized carbons (Fsp3) is 0.450. The van der Waals surface area contributed by atoms with Crippen LogP contribution in [-0.2, 0) is 9.53 Å². The van der Waals surface area contributed by atoms with E-state index < -0.39 is 5.60 Å². The Morgan fingerprint density at radius 3 is 2.63 bits per heavy atom. The molecular formula is C20H25N3O4. The molecule has 1 N–H and O–H groups in total. The van der Waals surface area contributed by atoms with Gasteiger partial charge in [-0.3, -0.25) is 4.79 Å². The monoisotopic (exact) mass is 371 g/mol. The molecule has 0 atom stereocenters. The number of carbonyl (C=O) groups excluding carboxylic acids is 2. The van der Waals surface area contributed by atoms with Crippen molar-refractivity contribution >= 4 is 17.7 Å². The molecule has 2 amide bonds. The number of benzene rings is 1. The summed E-state index contributed by atoms with van der Waals surface area (Å²) in [5.41, 5.74) is 1.05. The Bertz CT molecular complexity index is 788. The highest BCUT2D eigenvalue weighted by Crippen LogP contribution is 2.24. The summed E-state index contributed by atoms with van der Waals surface area (Å²) in [6, 6.07) is 7.45. The number of carbonyl (C=O) groups is 2. The average Bonchev–Trinajstić information content (AvgIpc) is 3.15. The van der Waals surface area contributed by atoms with Gasteiger partial charge >= 0.3 is 6.09 Å². The molecule has 1 saturated heterocycles. The van der Waals surface area contributed by atoms with E-state index in [0.29, 0.717) is 37.4 Å². The van der Waals surface area contributed by atoms with E-state index in [1.54, 1.807) is 11.1 Å². The third-order valence-electron chi connectivity index (χ3n) is 4.36. The lowest BCUT2D eigenvalue weighted by Gasteiger charge is -2.32. The minimum absolute atomic E-state index is 0.0337. The van der Waals surface area contributed by atoms with Crippen LogP contribution < -0.4 is 5.32 Å². The summed E-state index contributed by atoms with van der Waals surface area (Å²) in [7, 11) is 0. The largest absolute Gasteiger partial charge is 0.444 e. The molecule has 3 rings (SSSR count). The number of nitrogens with one attached hydrogen (secondary N) is 1. The Labute approximate surface area is 158 Å². The second-order valence-corrected chi connectivity index (χ2v) is 7.68. The van der Waals surface area contributed by atoms with Crippen LogP contribution in [0.4, 0.5) is 10.5 Å². The Morgan fingerprint density at radius 1 is 1.26 bits per heavy atom. The van der Waals surface area contributed by atoms with Gasteiger partial charge in [-0.25, -0.2) is 9.78 Å². The van der Waals surface area contributed by atoms with Crippen molar-refractivity contribution in [2.75, 3.05) is 18.4 Å². The summed E-state index contributed by atoms with van der Waals surface area (Å²) >= 11 is 0. The third kappa shape index (κ3) is 5.09. The van der Waals surface area contributed by atoms with Crippen molar-refractivity contribution in [2.24, 2.45) is 5.92 Å². The van der Waals surface area contributed by atoms with Crippen LogP contribution in [0.2, 0.25) is 0 Å². The van der Waals surface area contributed by atoms with Crippen LogP contribution in [0.15, 0.2) is 41.3 Å². The summed E-state index contributed by atoms with van der Waals surface area (Å²) in [6.07, 6.45) is 3.92. The van der Waals surface area contributed by atoms with Crippen LogP contribution in [0.3, 0.4) is 0 Å². The van der Waals surface area contributed by atoms with Crippen LogP contribution in [0, 0.1) is 5.92 Å². The zero-order valence-corrected chi connectivity index (χ0v) is 15.9. The molecule has 0 radical (unpaired) electrons. The Morgan fingerprint density at radius 2 is 2.00 bits per heavy atom. The first kappa shape index (κ1) is 18.9. The number of rotatable bonds is 3. The number of anilines is 1. The molecule has 7 nitrogen and oxygen atoms in total. The number of piperidine rings is 1. The molecule has 144 valence electrons. The first-order valence-corrected chi connectivity index (χ1v) is 9.09. The summed E-state index contributed by atoms with van der Waals surface area (Å²) in [5, 5.41) is 2.96. The normalized spacial score (nSPS) is 15.4. The van der Waals surface area contributed by atoms with E-state index in [1.807, 2.05) is 45.0 Å². The quantitative estimate of drug-likeness (QED) is 0.884. The van der Waals surface area contributed by atoms with E-state index in [9.17, 15) is 9.59 Å². The molecule has 1 aliphatic rings. The number of nitrogens with zero attached hydrogens (tertiary/aromatic N) is 2. The smallest absolute Gasteiger partial charge is 0.410 e. The van der Waals surface area contributed by atoms with Crippen LogP contribution in [0.1, 0.15) is 33.6 Å². The SMILES string of the molecule is CC(C)(C)OC(=O)N1CCC(C(=O)Nc2cccc(-c3cnco3)c2)CC1. The molecule has 2 aromatic rings. The molecule has 0 aliphatic carbocycles. The maximum atomic E-state index is 12.6. The molecule has 0 spiro atoms. The first-order chi connectivity index (χ1) is 12.8. The van der Waals surface area contributed by atoms with Gasteiger partial charge in [-0.1, -0.05) is 12.1 Å². The summed E-state index contributed by atoms with van der Waals surface area (Å²) in [6.45, 7) is 6.57. The van der Waals surface area contributed by atoms with Crippen LogP contribution in [0.5, 0.6) is 0 Å². The maximum absolute atomic E-state index is 12.6.